The molecule has 1 aliphatic heterocycles. The summed E-state index contributed by atoms with van der Waals surface area (Å²) in [5, 5.41) is 0. The second-order valence-electron chi connectivity index (χ2n) is 4.59. The molecule has 2 N–H and O–H groups in total. The number of benzene rings is 1. The van der Waals surface area contributed by atoms with Gasteiger partial charge in [-0.05, 0) is 31.0 Å². The Labute approximate surface area is 104 Å². The molecule has 0 aliphatic carbocycles. The highest BCUT2D eigenvalue weighted by Gasteiger charge is 2.14. The van der Waals surface area contributed by atoms with Gasteiger partial charge in [0.05, 0.1) is 13.2 Å². The topological polar surface area (TPSA) is 38.5 Å². The van der Waals surface area contributed by atoms with Gasteiger partial charge in [0.2, 0.25) is 0 Å². The van der Waals surface area contributed by atoms with Crippen molar-refractivity contribution in [3.63, 3.8) is 0 Å². The van der Waals surface area contributed by atoms with E-state index in [4.69, 9.17) is 10.5 Å². The van der Waals surface area contributed by atoms with E-state index in [-0.39, 0.29) is 0 Å². The molecule has 3 nitrogen and oxygen atoms in total. The first-order valence-electron chi connectivity index (χ1n) is 6.45. The van der Waals surface area contributed by atoms with Gasteiger partial charge in [-0.3, -0.25) is 4.90 Å². The fraction of sp³-hybridized carbons (Fsp3) is 0.571. The first-order chi connectivity index (χ1) is 8.40. The fourth-order valence-corrected chi connectivity index (χ4v) is 2.31. The van der Waals surface area contributed by atoms with Crippen LogP contribution in [-0.2, 0) is 4.74 Å². The summed E-state index contributed by atoms with van der Waals surface area (Å²) in [6, 6.07) is 10.6. The van der Waals surface area contributed by atoms with Crippen LogP contribution in [0.15, 0.2) is 30.3 Å². The van der Waals surface area contributed by atoms with E-state index in [9.17, 15) is 0 Å². The first-order valence-corrected chi connectivity index (χ1v) is 6.45. The number of nitrogens with two attached hydrogens (primary N) is 1. The summed E-state index contributed by atoms with van der Waals surface area (Å²) < 4.78 is 5.35. The Morgan fingerprint density at radius 2 is 1.88 bits per heavy atom. The molecule has 1 fully saturated rings. The average molecular weight is 234 g/mol. The summed E-state index contributed by atoms with van der Waals surface area (Å²) in [5.74, 6) is 0.485. The van der Waals surface area contributed by atoms with Crippen LogP contribution in [0.2, 0.25) is 0 Å². The van der Waals surface area contributed by atoms with Crippen molar-refractivity contribution in [2.24, 2.45) is 5.73 Å². The highest BCUT2D eigenvalue weighted by Crippen LogP contribution is 2.18. The molecule has 0 spiro atoms. The van der Waals surface area contributed by atoms with Crippen LogP contribution in [0.4, 0.5) is 0 Å². The average Bonchev–Trinajstić information content (AvgIpc) is 2.42. The monoisotopic (exact) mass is 234 g/mol. The van der Waals surface area contributed by atoms with Crippen molar-refractivity contribution < 1.29 is 4.74 Å². The first kappa shape index (κ1) is 12.6. The Morgan fingerprint density at radius 3 is 2.53 bits per heavy atom. The quantitative estimate of drug-likeness (QED) is 0.838. The third-order valence-electron chi connectivity index (χ3n) is 3.45. The molecule has 1 heterocycles. The van der Waals surface area contributed by atoms with Crippen molar-refractivity contribution in [3.05, 3.63) is 35.9 Å². The molecule has 0 amide bonds. The van der Waals surface area contributed by atoms with E-state index in [0.29, 0.717) is 5.92 Å². The third kappa shape index (κ3) is 3.80. The lowest BCUT2D eigenvalue weighted by Gasteiger charge is -2.28. The van der Waals surface area contributed by atoms with E-state index >= 15 is 0 Å². The van der Waals surface area contributed by atoms with Crippen molar-refractivity contribution >= 4 is 0 Å². The molecule has 1 unspecified atom stereocenters. The van der Waals surface area contributed by atoms with Crippen LogP contribution in [-0.4, -0.2) is 44.3 Å². The van der Waals surface area contributed by atoms with Crippen LogP contribution < -0.4 is 5.73 Å². The van der Waals surface area contributed by atoms with Crippen LogP contribution in [0.3, 0.4) is 0 Å². The molecule has 1 aromatic rings. The minimum atomic E-state index is 0.485. The summed E-state index contributed by atoms with van der Waals surface area (Å²) in [5.41, 5.74) is 7.24. The van der Waals surface area contributed by atoms with Gasteiger partial charge in [0, 0.05) is 13.1 Å². The molecule has 1 aliphatic rings. The highest BCUT2D eigenvalue weighted by molar-refractivity contribution is 5.19. The Bertz CT molecular complexity index is 309. The van der Waals surface area contributed by atoms with Crippen molar-refractivity contribution in [3.8, 4) is 0 Å². The number of hydrogen-bond donors (Lipinski definition) is 1. The molecule has 0 bridgehead atoms. The molecule has 2 rings (SSSR count). The standard InChI is InChI=1S/C14H22N2O/c15-12-14(13-4-2-1-3-5-13)6-7-16-8-10-17-11-9-16/h1-5,14H,6-12,15H2. The van der Waals surface area contributed by atoms with Gasteiger partial charge in [-0.2, -0.15) is 0 Å². The Kier molecular flexibility index (Phi) is 4.98. The van der Waals surface area contributed by atoms with Gasteiger partial charge in [-0.1, -0.05) is 30.3 Å². The molecule has 0 saturated carbocycles. The molecule has 1 saturated heterocycles. The summed E-state index contributed by atoms with van der Waals surface area (Å²) in [6.07, 6.45) is 1.14. The maximum absolute atomic E-state index is 5.88. The van der Waals surface area contributed by atoms with Gasteiger partial charge in [0.15, 0.2) is 0 Å². The lowest BCUT2D eigenvalue weighted by molar-refractivity contribution is 0.0366. The zero-order valence-electron chi connectivity index (χ0n) is 10.3. The van der Waals surface area contributed by atoms with E-state index < -0.39 is 0 Å². The van der Waals surface area contributed by atoms with Crippen LogP contribution >= 0.6 is 0 Å². The molecular formula is C14H22N2O. The lowest BCUT2D eigenvalue weighted by Crippen LogP contribution is -2.37. The molecule has 1 aromatic carbocycles. The summed E-state index contributed by atoms with van der Waals surface area (Å²) in [4.78, 5) is 2.47. The predicted octanol–water partition coefficient (Wildman–Crippen LogP) is 1.45. The molecule has 3 heteroatoms. The lowest BCUT2D eigenvalue weighted by atomic mass is 9.95. The largest absolute Gasteiger partial charge is 0.379 e. The maximum atomic E-state index is 5.88. The van der Waals surface area contributed by atoms with Gasteiger partial charge in [0.25, 0.3) is 0 Å². The number of hydrogen-bond acceptors (Lipinski definition) is 3. The molecule has 0 radical (unpaired) electrons. The van der Waals surface area contributed by atoms with E-state index in [2.05, 4.69) is 35.2 Å². The zero-order valence-corrected chi connectivity index (χ0v) is 10.3. The number of morpholine rings is 1. The molecule has 0 aromatic heterocycles. The van der Waals surface area contributed by atoms with Crippen LogP contribution in [0.25, 0.3) is 0 Å². The number of nitrogens with zero attached hydrogens (tertiary/aromatic N) is 1. The van der Waals surface area contributed by atoms with E-state index in [1.165, 1.54) is 5.56 Å². The summed E-state index contributed by atoms with van der Waals surface area (Å²) in [6.45, 7) is 5.73. The minimum absolute atomic E-state index is 0.485. The molecular weight excluding hydrogens is 212 g/mol. The van der Waals surface area contributed by atoms with Gasteiger partial charge in [0.1, 0.15) is 0 Å². The minimum Gasteiger partial charge on any atom is -0.379 e. The smallest absolute Gasteiger partial charge is 0.0594 e. The molecule has 94 valence electrons. The van der Waals surface area contributed by atoms with Crippen LogP contribution in [0.5, 0.6) is 0 Å². The van der Waals surface area contributed by atoms with E-state index in [1.807, 2.05) is 0 Å². The van der Waals surface area contributed by atoms with E-state index in [0.717, 1.165) is 45.8 Å². The number of rotatable bonds is 5. The Morgan fingerprint density at radius 1 is 1.18 bits per heavy atom. The normalized spacial score (nSPS) is 19.1. The SMILES string of the molecule is NCC(CCN1CCOCC1)c1ccccc1. The molecule has 17 heavy (non-hydrogen) atoms. The maximum Gasteiger partial charge on any atom is 0.0594 e. The predicted molar refractivity (Wildman–Crippen MR) is 70.1 cm³/mol. The van der Waals surface area contributed by atoms with Crippen LogP contribution in [0.1, 0.15) is 17.9 Å². The fourth-order valence-electron chi connectivity index (χ4n) is 2.31. The van der Waals surface area contributed by atoms with Gasteiger partial charge in [-0.15, -0.1) is 0 Å². The molecule has 1 atom stereocenters. The summed E-state index contributed by atoms with van der Waals surface area (Å²) in [7, 11) is 0. The van der Waals surface area contributed by atoms with Gasteiger partial charge in [-0.25, -0.2) is 0 Å². The highest BCUT2D eigenvalue weighted by atomic mass is 16.5. The van der Waals surface area contributed by atoms with Crippen molar-refractivity contribution in [1.29, 1.82) is 0 Å². The Hall–Kier alpha value is -0.900. The van der Waals surface area contributed by atoms with Crippen molar-refractivity contribution in [2.75, 3.05) is 39.4 Å². The van der Waals surface area contributed by atoms with Gasteiger partial charge < -0.3 is 10.5 Å². The van der Waals surface area contributed by atoms with Crippen LogP contribution in [0, 0.1) is 0 Å². The Balaban J connectivity index is 1.83. The second kappa shape index (κ2) is 6.74. The second-order valence-corrected chi connectivity index (χ2v) is 4.59. The number of ether oxygens (including phenoxy) is 1. The van der Waals surface area contributed by atoms with E-state index in [1.54, 1.807) is 0 Å². The third-order valence-corrected chi connectivity index (χ3v) is 3.45. The van der Waals surface area contributed by atoms with Gasteiger partial charge >= 0.3 is 0 Å². The summed E-state index contributed by atoms with van der Waals surface area (Å²) >= 11 is 0. The van der Waals surface area contributed by atoms with Crippen molar-refractivity contribution in [1.82, 2.24) is 4.90 Å². The van der Waals surface area contributed by atoms with Crippen molar-refractivity contribution in [2.45, 2.75) is 12.3 Å². The zero-order chi connectivity index (χ0) is 11.9.